The van der Waals surface area contributed by atoms with E-state index in [0.29, 0.717) is 0 Å². The van der Waals surface area contributed by atoms with E-state index in [1.807, 2.05) is 0 Å². The van der Waals surface area contributed by atoms with Crippen LogP contribution in [-0.4, -0.2) is 24.1 Å². The van der Waals surface area contributed by atoms with Crippen molar-refractivity contribution in [3.8, 4) is 0 Å². The molecular weight excluding hydrogens is 434 g/mol. The van der Waals surface area contributed by atoms with Gasteiger partial charge in [-0.25, -0.2) is 0 Å². The van der Waals surface area contributed by atoms with Crippen LogP contribution in [0.5, 0.6) is 0 Å². The smallest absolute Gasteiger partial charge is 0.104 e. The summed E-state index contributed by atoms with van der Waals surface area (Å²) < 4.78 is 1.32. The molecule has 0 aliphatic rings. The van der Waals surface area contributed by atoms with Crippen LogP contribution in [0.15, 0.2) is 30.3 Å². The molecule has 1 nitrogen and oxygen atoms in total. The second-order valence-corrected chi connectivity index (χ2v) is 12.4. The van der Waals surface area contributed by atoms with Crippen molar-refractivity contribution in [2.45, 2.75) is 163 Å². The Labute approximate surface area is 228 Å². The first kappa shape index (κ1) is 33.2. The lowest BCUT2D eigenvalue weighted by Crippen LogP contribution is -2.50. The summed E-state index contributed by atoms with van der Waals surface area (Å²) in [4.78, 5) is 0. The SMILES string of the molecule is CCCCCCCCCCCC[N+](CCCCCCCCCCCC)(Cc1ccccc1)CC(C)C. The molecule has 0 amide bonds. The first-order valence-corrected chi connectivity index (χ1v) is 16.5. The molecule has 0 heterocycles. The predicted octanol–water partition coefficient (Wildman–Crippen LogP) is 11.5. The molecule has 0 unspecified atom stereocenters. The molecule has 0 aliphatic carbocycles. The molecule has 0 saturated heterocycles. The van der Waals surface area contributed by atoms with E-state index in [2.05, 4.69) is 58.0 Å². The third kappa shape index (κ3) is 18.4. The van der Waals surface area contributed by atoms with Gasteiger partial charge in [0, 0.05) is 11.5 Å². The molecule has 0 atom stereocenters. The van der Waals surface area contributed by atoms with Crippen LogP contribution in [0, 0.1) is 5.92 Å². The Kier molecular flexibility index (Phi) is 21.5. The zero-order chi connectivity index (χ0) is 26.2. The highest BCUT2D eigenvalue weighted by molar-refractivity contribution is 5.13. The molecule has 0 spiro atoms. The quantitative estimate of drug-likeness (QED) is 0.0876. The third-order valence-corrected chi connectivity index (χ3v) is 8.09. The van der Waals surface area contributed by atoms with E-state index in [1.165, 1.54) is 165 Å². The van der Waals surface area contributed by atoms with E-state index < -0.39 is 0 Å². The van der Waals surface area contributed by atoms with Crippen LogP contribution < -0.4 is 0 Å². The van der Waals surface area contributed by atoms with Crippen LogP contribution >= 0.6 is 0 Å². The van der Waals surface area contributed by atoms with E-state index in [-0.39, 0.29) is 0 Å². The average molecular weight is 501 g/mol. The summed E-state index contributed by atoms with van der Waals surface area (Å²) in [6, 6.07) is 11.4. The molecule has 1 rings (SSSR count). The second kappa shape index (κ2) is 23.3. The van der Waals surface area contributed by atoms with Gasteiger partial charge in [0.05, 0.1) is 19.6 Å². The molecule has 0 aliphatic heterocycles. The number of hydrogen-bond donors (Lipinski definition) is 0. The highest BCUT2D eigenvalue weighted by Gasteiger charge is 2.28. The molecule has 1 aromatic carbocycles. The molecule has 0 radical (unpaired) electrons. The molecule has 0 aromatic heterocycles. The predicted molar refractivity (Wildman–Crippen MR) is 164 cm³/mol. The number of nitrogens with zero attached hydrogens (tertiary/aromatic N) is 1. The summed E-state index contributed by atoms with van der Waals surface area (Å²) in [6.07, 6.45) is 28.7. The normalized spacial score (nSPS) is 12.0. The fourth-order valence-electron chi connectivity index (χ4n) is 6.13. The van der Waals surface area contributed by atoms with Crippen molar-refractivity contribution in [1.29, 1.82) is 0 Å². The van der Waals surface area contributed by atoms with Crippen molar-refractivity contribution in [3.05, 3.63) is 35.9 Å². The van der Waals surface area contributed by atoms with Crippen molar-refractivity contribution < 1.29 is 4.48 Å². The summed E-state index contributed by atoms with van der Waals surface area (Å²) in [5.74, 6) is 0.764. The standard InChI is InChI=1S/C35H66N/c1-5-7-9-11-13-15-17-19-21-26-30-36(32-34(3)4,33-35-28-24-23-25-29-35)31-27-22-20-18-16-14-12-10-8-6-2/h23-25,28-29,34H,5-22,26-27,30-33H2,1-4H3/q+1. The molecule has 1 aromatic rings. The molecule has 0 saturated carbocycles. The van der Waals surface area contributed by atoms with Crippen LogP contribution in [0.2, 0.25) is 0 Å². The summed E-state index contributed by atoms with van der Waals surface area (Å²) in [7, 11) is 0. The maximum absolute atomic E-state index is 2.44. The largest absolute Gasteiger partial charge is 0.320 e. The van der Waals surface area contributed by atoms with Gasteiger partial charge in [-0.2, -0.15) is 0 Å². The summed E-state index contributed by atoms with van der Waals surface area (Å²) >= 11 is 0. The Morgan fingerprint density at radius 3 is 1.22 bits per heavy atom. The maximum atomic E-state index is 2.44. The van der Waals surface area contributed by atoms with Crippen molar-refractivity contribution in [2.75, 3.05) is 19.6 Å². The van der Waals surface area contributed by atoms with E-state index in [9.17, 15) is 0 Å². The van der Waals surface area contributed by atoms with E-state index in [4.69, 9.17) is 0 Å². The van der Waals surface area contributed by atoms with Crippen molar-refractivity contribution in [2.24, 2.45) is 5.92 Å². The van der Waals surface area contributed by atoms with Gasteiger partial charge in [-0.05, 0) is 25.7 Å². The molecule has 1 heteroatoms. The van der Waals surface area contributed by atoms with Crippen molar-refractivity contribution in [3.63, 3.8) is 0 Å². The second-order valence-electron chi connectivity index (χ2n) is 12.4. The Balaban J connectivity index is 2.46. The van der Waals surface area contributed by atoms with Gasteiger partial charge in [0.15, 0.2) is 0 Å². The Hall–Kier alpha value is -0.820. The fraction of sp³-hybridized carbons (Fsp3) is 0.829. The highest BCUT2D eigenvalue weighted by Crippen LogP contribution is 2.23. The van der Waals surface area contributed by atoms with Gasteiger partial charge in [0.25, 0.3) is 0 Å². The van der Waals surface area contributed by atoms with Crippen LogP contribution in [0.1, 0.15) is 162 Å². The first-order valence-electron chi connectivity index (χ1n) is 16.5. The van der Waals surface area contributed by atoms with Crippen molar-refractivity contribution in [1.82, 2.24) is 0 Å². The number of rotatable bonds is 26. The van der Waals surface area contributed by atoms with Crippen LogP contribution in [0.4, 0.5) is 0 Å². The fourth-order valence-corrected chi connectivity index (χ4v) is 6.13. The highest BCUT2D eigenvalue weighted by atomic mass is 15.3. The lowest BCUT2D eigenvalue weighted by Gasteiger charge is -2.41. The Morgan fingerprint density at radius 2 is 0.861 bits per heavy atom. The number of unbranched alkanes of at least 4 members (excludes halogenated alkanes) is 18. The van der Waals surface area contributed by atoms with Gasteiger partial charge in [-0.3, -0.25) is 0 Å². The molecule has 36 heavy (non-hydrogen) atoms. The van der Waals surface area contributed by atoms with Gasteiger partial charge < -0.3 is 4.48 Å². The zero-order valence-corrected chi connectivity index (χ0v) is 25.4. The topological polar surface area (TPSA) is 0 Å². The molecule has 0 N–H and O–H groups in total. The monoisotopic (exact) mass is 501 g/mol. The number of hydrogen-bond acceptors (Lipinski definition) is 0. The zero-order valence-electron chi connectivity index (χ0n) is 25.4. The molecule has 210 valence electrons. The lowest BCUT2D eigenvalue weighted by molar-refractivity contribution is -0.944. The Morgan fingerprint density at radius 1 is 0.500 bits per heavy atom. The summed E-state index contributed by atoms with van der Waals surface area (Å²) in [6.45, 7) is 14.8. The van der Waals surface area contributed by atoms with Crippen LogP contribution in [0.25, 0.3) is 0 Å². The van der Waals surface area contributed by atoms with Crippen LogP contribution in [-0.2, 0) is 6.54 Å². The molecule has 0 bridgehead atoms. The van der Waals surface area contributed by atoms with E-state index >= 15 is 0 Å². The van der Waals surface area contributed by atoms with E-state index in [0.717, 1.165) is 5.92 Å². The number of benzene rings is 1. The average Bonchev–Trinajstić information content (AvgIpc) is 2.86. The third-order valence-electron chi connectivity index (χ3n) is 8.09. The first-order chi connectivity index (χ1) is 17.6. The minimum Gasteiger partial charge on any atom is -0.320 e. The molecular formula is C35H66N+. The van der Waals surface area contributed by atoms with Gasteiger partial charge in [0.2, 0.25) is 0 Å². The molecule has 0 fully saturated rings. The Bertz CT molecular complexity index is 539. The summed E-state index contributed by atoms with van der Waals surface area (Å²) in [5, 5.41) is 0. The summed E-state index contributed by atoms with van der Waals surface area (Å²) in [5.41, 5.74) is 1.54. The van der Waals surface area contributed by atoms with Gasteiger partial charge >= 0.3 is 0 Å². The van der Waals surface area contributed by atoms with Crippen molar-refractivity contribution >= 4 is 0 Å². The lowest BCUT2D eigenvalue weighted by atomic mass is 10.0. The minimum atomic E-state index is 0.764. The van der Waals surface area contributed by atoms with Gasteiger partial charge in [-0.1, -0.05) is 161 Å². The van der Waals surface area contributed by atoms with Crippen LogP contribution in [0.3, 0.4) is 0 Å². The number of quaternary nitrogens is 1. The maximum Gasteiger partial charge on any atom is 0.104 e. The van der Waals surface area contributed by atoms with E-state index in [1.54, 1.807) is 0 Å². The van der Waals surface area contributed by atoms with Gasteiger partial charge in [-0.15, -0.1) is 0 Å². The van der Waals surface area contributed by atoms with Gasteiger partial charge in [0.1, 0.15) is 6.54 Å². The minimum absolute atomic E-state index is 0.764.